The Morgan fingerprint density at radius 2 is 1.97 bits per heavy atom. The number of carbonyl (C=O) groups excluding carboxylic acids is 1. The Bertz CT molecular complexity index is 1120. The number of rotatable bonds is 7. The zero-order valence-corrected chi connectivity index (χ0v) is 18.4. The molecule has 3 aromatic rings. The molecule has 0 saturated carbocycles. The summed E-state index contributed by atoms with van der Waals surface area (Å²) in [7, 11) is 3.13. The maximum Gasteiger partial charge on any atom is 0.338 e. The van der Waals surface area contributed by atoms with Crippen LogP contribution in [0.1, 0.15) is 28.8 Å². The van der Waals surface area contributed by atoms with Gasteiger partial charge in [-0.1, -0.05) is 30.3 Å². The van der Waals surface area contributed by atoms with E-state index in [1.54, 1.807) is 38.6 Å². The minimum absolute atomic E-state index is 0.155. The Labute approximate surface area is 187 Å². The molecule has 1 fully saturated rings. The van der Waals surface area contributed by atoms with E-state index in [0.29, 0.717) is 23.5 Å². The number of anilines is 1. The zero-order valence-electron chi connectivity index (χ0n) is 18.4. The minimum atomic E-state index is -0.361. The van der Waals surface area contributed by atoms with Crippen LogP contribution in [0.5, 0.6) is 11.5 Å². The fraction of sp³-hybridized carbons (Fsp3) is 0.320. The standard InChI is InChI=1S/C25H27N3O4/c1-4-7-17-14-19(15-22(30-2)23(17)31-3)25(29)32-20-10-12-28(13-11-20)24-21-9-6-5-8-18(21)16-26-27-24/h4-6,8-9,14-16,20H,1,7,10-13H2,2-3H3. The van der Waals surface area contributed by atoms with Crippen LogP contribution in [0.15, 0.2) is 55.3 Å². The van der Waals surface area contributed by atoms with Crippen molar-refractivity contribution < 1.29 is 19.0 Å². The van der Waals surface area contributed by atoms with Crippen LogP contribution in [0.3, 0.4) is 0 Å². The average molecular weight is 434 g/mol. The number of esters is 1. The summed E-state index contributed by atoms with van der Waals surface area (Å²) < 4.78 is 16.7. The highest BCUT2D eigenvalue weighted by Gasteiger charge is 2.26. The number of ether oxygens (including phenoxy) is 3. The molecule has 1 saturated heterocycles. The van der Waals surface area contributed by atoms with E-state index in [2.05, 4.69) is 27.7 Å². The molecule has 0 amide bonds. The fourth-order valence-corrected chi connectivity index (χ4v) is 4.12. The molecule has 0 atom stereocenters. The van der Waals surface area contributed by atoms with Gasteiger partial charge >= 0.3 is 5.97 Å². The molecule has 7 nitrogen and oxygen atoms in total. The summed E-state index contributed by atoms with van der Waals surface area (Å²) in [5.74, 6) is 1.62. The maximum absolute atomic E-state index is 12.9. The SMILES string of the molecule is C=CCc1cc(C(=O)OC2CCN(c3nncc4ccccc34)CC2)cc(OC)c1OC. The van der Waals surface area contributed by atoms with E-state index >= 15 is 0 Å². The van der Waals surface area contributed by atoms with Gasteiger partial charge in [-0.3, -0.25) is 0 Å². The monoisotopic (exact) mass is 433 g/mol. The Kier molecular flexibility index (Phi) is 6.54. The van der Waals surface area contributed by atoms with Crippen LogP contribution in [-0.2, 0) is 11.2 Å². The molecule has 32 heavy (non-hydrogen) atoms. The first kappa shape index (κ1) is 21.6. The molecule has 1 aliphatic rings. The lowest BCUT2D eigenvalue weighted by Gasteiger charge is -2.32. The summed E-state index contributed by atoms with van der Waals surface area (Å²) in [5, 5.41) is 10.6. The quantitative estimate of drug-likeness (QED) is 0.408. The van der Waals surface area contributed by atoms with E-state index in [4.69, 9.17) is 14.2 Å². The predicted octanol–water partition coefficient (Wildman–Crippen LogP) is 4.20. The molecule has 0 bridgehead atoms. The van der Waals surface area contributed by atoms with E-state index in [0.717, 1.165) is 48.1 Å². The van der Waals surface area contributed by atoms with Gasteiger partial charge in [0.15, 0.2) is 17.3 Å². The van der Waals surface area contributed by atoms with Gasteiger partial charge in [0.2, 0.25) is 0 Å². The van der Waals surface area contributed by atoms with Gasteiger partial charge in [-0.2, -0.15) is 5.10 Å². The molecule has 0 spiro atoms. The third kappa shape index (κ3) is 4.37. The van der Waals surface area contributed by atoms with E-state index in [-0.39, 0.29) is 12.1 Å². The van der Waals surface area contributed by atoms with Gasteiger partial charge in [0.05, 0.1) is 26.0 Å². The van der Waals surface area contributed by atoms with Gasteiger partial charge in [0.25, 0.3) is 0 Å². The van der Waals surface area contributed by atoms with Crippen LogP contribution < -0.4 is 14.4 Å². The van der Waals surface area contributed by atoms with Gasteiger partial charge < -0.3 is 19.1 Å². The van der Waals surface area contributed by atoms with Crippen LogP contribution in [0, 0.1) is 0 Å². The Morgan fingerprint density at radius 1 is 1.19 bits per heavy atom. The lowest BCUT2D eigenvalue weighted by molar-refractivity contribution is 0.0244. The van der Waals surface area contributed by atoms with Crippen LogP contribution in [-0.4, -0.2) is 49.6 Å². The first-order valence-corrected chi connectivity index (χ1v) is 10.7. The molecule has 2 heterocycles. The number of hydrogen-bond acceptors (Lipinski definition) is 7. The maximum atomic E-state index is 12.9. The molecule has 0 unspecified atom stereocenters. The van der Waals surface area contributed by atoms with Crippen molar-refractivity contribution in [2.75, 3.05) is 32.2 Å². The van der Waals surface area contributed by atoms with Crippen molar-refractivity contribution in [1.29, 1.82) is 0 Å². The lowest BCUT2D eigenvalue weighted by Crippen LogP contribution is -2.38. The number of methoxy groups -OCH3 is 2. The normalized spacial score (nSPS) is 14.2. The van der Waals surface area contributed by atoms with E-state index in [1.165, 1.54) is 0 Å². The number of aromatic nitrogens is 2. The number of benzene rings is 2. The highest BCUT2D eigenvalue weighted by Crippen LogP contribution is 2.34. The van der Waals surface area contributed by atoms with Crippen LogP contribution >= 0.6 is 0 Å². The van der Waals surface area contributed by atoms with Crippen LogP contribution in [0.2, 0.25) is 0 Å². The molecule has 2 aromatic carbocycles. The molecule has 0 radical (unpaired) electrons. The number of nitrogens with zero attached hydrogens (tertiary/aromatic N) is 3. The Balaban J connectivity index is 1.45. The first-order chi connectivity index (χ1) is 15.6. The van der Waals surface area contributed by atoms with Crippen molar-refractivity contribution in [3.05, 3.63) is 66.4 Å². The fourth-order valence-electron chi connectivity index (χ4n) is 4.12. The van der Waals surface area contributed by atoms with Crippen molar-refractivity contribution in [2.24, 2.45) is 0 Å². The summed E-state index contributed by atoms with van der Waals surface area (Å²) >= 11 is 0. The number of allylic oxidation sites excluding steroid dienone is 1. The zero-order chi connectivity index (χ0) is 22.5. The summed E-state index contributed by atoms with van der Waals surface area (Å²) in [6.07, 6.45) is 5.39. The Morgan fingerprint density at radius 3 is 2.69 bits per heavy atom. The highest BCUT2D eigenvalue weighted by atomic mass is 16.5. The van der Waals surface area contributed by atoms with Gasteiger partial charge in [-0.15, -0.1) is 11.7 Å². The molecule has 1 aromatic heterocycles. The third-order valence-electron chi connectivity index (χ3n) is 5.72. The third-order valence-corrected chi connectivity index (χ3v) is 5.72. The molecule has 166 valence electrons. The minimum Gasteiger partial charge on any atom is -0.493 e. The molecule has 1 aliphatic heterocycles. The number of hydrogen-bond donors (Lipinski definition) is 0. The molecule has 4 rings (SSSR count). The topological polar surface area (TPSA) is 73.8 Å². The predicted molar refractivity (Wildman–Crippen MR) is 124 cm³/mol. The molecular weight excluding hydrogens is 406 g/mol. The van der Waals surface area contributed by atoms with Crippen molar-refractivity contribution >= 4 is 22.6 Å². The second-order valence-electron chi connectivity index (χ2n) is 7.71. The largest absolute Gasteiger partial charge is 0.493 e. The van der Waals surface area contributed by atoms with Crippen molar-refractivity contribution in [3.8, 4) is 11.5 Å². The van der Waals surface area contributed by atoms with Gasteiger partial charge in [0, 0.05) is 42.3 Å². The number of fused-ring (bicyclic) bond motifs is 1. The van der Waals surface area contributed by atoms with E-state index in [1.807, 2.05) is 18.2 Å². The lowest BCUT2D eigenvalue weighted by atomic mass is 10.0. The second-order valence-corrected chi connectivity index (χ2v) is 7.71. The van der Waals surface area contributed by atoms with Gasteiger partial charge in [0.1, 0.15) is 6.10 Å². The van der Waals surface area contributed by atoms with Gasteiger partial charge in [-0.25, -0.2) is 4.79 Å². The molecule has 0 N–H and O–H groups in total. The smallest absolute Gasteiger partial charge is 0.338 e. The average Bonchev–Trinajstić information content (AvgIpc) is 2.84. The van der Waals surface area contributed by atoms with E-state index in [9.17, 15) is 4.79 Å². The first-order valence-electron chi connectivity index (χ1n) is 10.7. The van der Waals surface area contributed by atoms with E-state index < -0.39 is 0 Å². The van der Waals surface area contributed by atoms with Crippen molar-refractivity contribution in [3.63, 3.8) is 0 Å². The summed E-state index contributed by atoms with van der Waals surface area (Å²) in [6.45, 7) is 5.27. The molecule has 7 heteroatoms. The number of carbonyl (C=O) groups is 1. The molecular formula is C25H27N3O4. The molecule has 0 aliphatic carbocycles. The van der Waals surface area contributed by atoms with Crippen molar-refractivity contribution in [2.45, 2.75) is 25.4 Å². The van der Waals surface area contributed by atoms with Crippen molar-refractivity contribution in [1.82, 2.24) is 10.2 Å². The van der Waals surface area contributed by atoms with Gasteiger partial charge in [-0.05, 0) is 18.6 Å². The summed E-state index contributed by atoms with van der Waals surface area (Å²) in [5.41, 5.74) is 1.28. The van der Waals surface area contributed by atoms with Crippen LogP contribution in [0.4, 0.5) is 5.82 Å². The second kappa shape index (κ2) is 9.68. The number of piperidine rings is 1. The summed E-state index contributed by atoms with van der Waals surface area (Å²) in [6, 6.07) is 11.5. The Hall–Kier alpha value is -3.61. The summed E-state index contributed by atoms with van der Waals surface area (Å²) in [4.78, 5) is 15.1. The van der Waals surface area contributed by atoms with Crippen LogP contribution in [0.25, 0.3) is 10.8 Å². The highest BCUT2D eigenvalue weighted by molar-refractivity contribution is 5.92.